The smallest absolute Gasteiger partial charge is 0.340 e. The fourth-order valence-electron chi connectivity index (χ4n) is 4.53. The molecule has 16 heteroatoms. The molecule has 252 valence electrons. The molecule has 3 rings (SSSR count). The zero-order valence-corrected chi connectivity index (χ0v) is 25.8. The maximum atomic E-state index is 14.1. The van der Waals surface area contributed by atoms with E-state index in [0.29, 0.717) is 0 Å². The third-order valence-electron chi connectivity index (χ3n) is 6.65. The first kappa shape index (κ1) is 36.2. The van der Waals surface area contributed by atoms with Gasteiger partial charge in [0.2, 0.25) is 11.6 Å². The quantitative estimate of drug-likeness (QED) is 0.0395. The molecule has 0 spiro atoms. The molecule has 10 N–H and O–H groups in total. The van der Waals surface area contributed by atoms with Crippen molar-refractivity contribution in [2.45, 2.75) is 52.1 Å². The SMILES string of the molecule is CC(O)CNCCNc1c(OC(=O)C(C)O)c(OC(=O)C(C)O)c(NCCNCC(C)O)c2c1C(=O)c1c(O)ccc(O)c1C2=O. The van der Waals surface area contributed by atoms with Crippen LogP contribution in [0.3, 0.4) is 0 Å². The number of aromatic hydroxyl groups is 2. The molecule has 0 bridgehead atoms. The van der Waals surface area contributed by atoms with E-state index in [1.54, 1.807) is 13.8 Å². The Labute approximate surface area is 264 Å². The third-order valence-corrected chi connectivity index (χ3v) is 6.65. The van der Waals surface area contributed by atoms with Crippen LogP contribution in [0.2, 0.25) is 0 Å². The summed E-state index contributed by atoms with van der Waals surface area (Å²) in [5.41, 5.74) is -2.56. The van der Waals surface area contributed by atoms with Crippen molar-refractivity contribution in [3.05, 3.63) is 34.4 Å². The Balaban J connectivity index is 2.36. The van der Waals surface area contributed by atoms with E-state index < -0.39 is 93.2 Å². The summed E-state index contributed by atoms with van der Waals surface area (Å²) in [4.78, 5) is 53.8. The molecule has 0 amide bonds. The summed E-state index contributed by atoms with van der Waals surface area (Å²) in [5, 5.41) is 72.0. The minimum Gasteiger partial charge on any atom is -0.507 e. The van der Waals surface area contributed by atoms with Gasteiger partial charge in [-0.1, -0.05) is 0 Å². The van der Waals surface area contributed by atoms with Crippen LogP contribution in [0.15, 0.2) is 12.1 Å². The van der Waals surface area contributed by atoms with Crippen LogP contribution in [0.5, 0.6) is 23.0 Å². The highest BCUT2D eigenvalue weighted by atomic mass is 16.6. The second kappa shape index (κ2) is 15.8. The van der Waals surface area contributed by atoms with Gasteiger partial charge in [0.25, 0.3) is 0 Å². The molecule has 1 aliphatic carbocycles. The maximum Gasteiger partial charge on any atom is 0.340 e. The first-order valence-corrected chi connectivity index (χ1v) is 14.6. The number of carbonyl (C=O) groups excluding carboxylic acids is 4. The molecule has 0 aromatic heterocycles. The van der Waals surface area contributed by atoms with Crippen molar-refractivity contribution in [1.29, 1.82) is 0 Å². The molecule has 0 aliphatic heterocycles. The van der Waals surface area contributed by atoms with E-state index in [0.717, 1.165) is 26.0 Å². The van der Waals surface area contributed by atoms with E-state index in [-0.39, 0.29) is 50.6 Å². The van der Waals surface area contributed by atoms with E-state index in [1.807, 2.05) is 0 Å². The Bertz CT molecular complexity index is 1360. The lowest BCUT2D eigenvalue weighted by Gasteiger charge is -2.29. The second-order valence-electron chi connectivity index (χ2n) is 10.8. The number of rotatable bonds is 16. The molecule has 2 aromatic carbocycles. The van der Waals surface area contributed by atoms with Gasteiger partial charge in [0.15, 0.2) is 11.5 Å². The largest absolute Gasteiger partial charge is 0.507 e. The highest BCUT2D eigenvalue weighted by Crippen LogP contribution is 2.52. The summed E-state index contributed by atoms with van der Waals surface area (Å²) in [7, 11) is 0. The molecule has 0 saturated carbocycles. The number of fused-ring (bicyclic) bond motifs is 2. The van der Waals surface area contributed by atoms with Crippen molar-refractivity contribution in [3.63, 3.8) is 0 Å². The number of nitrogens with one attached hydrogen (secondary N) is 4. The molecule has 0 radical (unpaired) electrons. The standard InChI is InChI=1S/C30H40N4O12/c1-13(35)11-31-7-9-33-23-21-22(26(42)20-18(40)6-5-17(39)19(20)25(21)41)24(34-10-8-32-12-14(2)36)28(46-30(44)16(4)38)27(23)45-29(43)15(3)37/h5-6,13-16,31-40H,7-12H2,1-4H3. The van der Waals surface area contributed by atoms with Crippen LogP contribution in [-0.2, 0) is 9.59 Å². The predicted molar refractivity (Wildman–Crippen MR) is 164 cm³/mol. The summed E-state index contributed by atoms with van der Waals surface area (Å²) in [5.74, 6) is -6.83. The molecule has 46 heavy (non-hydrogen) atoms. The molecule has 0 fully saturated rings. The van der Waals surface area contributed by atoms with Crippen LogP contribution < -0.4 is 30.7 Å². The first-order chi connectivity index (χ1) is 21.7. The number of esters is 2. The van der Waals surface area contributed by atoms with E-state index in [1.165, 1.54) is 0 Å². The third kappa shape index (κ3) is 8.28. The van der Waals surface area contributed by atoms with Gasteiger partial charge in [-0.25, -0.2) is 9.59 Å². The molecular formula is C30H40N4O12. The lowest BCUT2D eigenvalue weighted by atomic mass is 9.80. The molecule has 4 unspecified atom stereocenters. The lowest BCUT2D eigenvalue weighted by Crippen LogP contribution is -2.32. The van der Waals surface area contributed by atoms with Crippen molar-refractivity contribution in [2.24, 2.45) is 0 Å². The monoisotopic (exact) mass is 648 g/mol. The van der Waals surface area contributed by atoms with Gasteiger partial charge in [0, 0.05) is 39.3 Å². The van der Waals surface area contributed by atoms with Crippen LogP contribution in [0.1, 0.15) is 59.5 Å². The lowest BCUT2D eigenvalue weighted by molar-refractivity contribution is -0.145. The fourth-order valence-corrected chi connectivity index (χ4v) is 4.53. The molecule has 16 nitrogen and oxygen atoms in total. The Hall–Kier alpha value is -4.32. The van der Waals surface area contributed by atoms with E-state index in [4.69, 9.17) is 9.47 Å². The number of hydrogen-bond acceptors (Lipinski definition) is 16. The molecular weight excluding hydrogens is 608 g/mol. The highest BCUT2D eigenvalue weighted by molar-refractivity contribution is 6.34. The van der Waals surface area contributed by atoms with Gasteiger partial charge >= 0.3 is 11.9 Å². The van der Waals surface area contributed by atoms with Crippen molar-refractivity contribution >= 4 is 34.9 Å². The van der Waals surface area contributed by atoms with Crippen molar-refractivity contribution < 1.29 is 59.3 Å². The van der Waals surface area contributed by atoms with Crippen LogP contribution >= 0.6 is 0 Å². The summed E-state index contributed by atoms with van der Waals surface area (Å²) < 4.78 is 10.9. The number of phenols is 2. The number of anilines is 2. The van der Waals surface area contributed by atoms with E-state index in [9.17, 15) is 49.8 Å². The number of hydrogen-bond donors (Lipinski definition) is 10. The maximum absolute atomic E-state index is 14.1. The molecule has 1 aliphatic rings. The van der Waals surface area contributed by atoms with Gasteiger partial charge in [0.1, 0.15) is 23.7 Å². The fraction of sp³-hybridized carbons (Fsp3) is 0.467. The minimum atomic E-state index is -1.70. The van der Waals surface area contributed by atoms with Gasteiger partial charge in [-0.05, 0) is 39.8 Å². The Morgan fingerprint density at radius 1 is 0.630 bits per heavy atom. The summed E-state index contributed by atoms with van der Waals surface area (Å²) in [6.07, 6.45) is -4.77. The summed E-state index contributed by atoms with van der Waals surface area (Å²) in [6.45, 7) is 6.04. The average molecular weight is 649 g/mol. The molecule has 4 atom stereocenters. The van der Waals surface area contributed by atoms with E-state index in [2.05, 4.69) is 21.3 Å². The normalized spacial score (nSPS) is 14.9. The Morgan fingerprint density at radius 2 is 0.978 bits per heavy atom. The van der Waals surface area contributed by atoms with Crippen LogP contribution in [0.4, 0.5) is 11.4 Å². The van der Waals surface area contributed by atoms with Gasteiger partial charge < -0.3 is 61.4 Å². The number of ether oxygens (including phenoxy) is 2. The van der Waals surface area contributed by atoms with Crippen LogP contribution in [-0.4, -0.2) is 118 Å². The summed E-state index contributed by atoms with van der Waals surface area (Å²) in [6, 6.07) is 2.05. The summed E-state index contributed by atoms with van der Waals surface area (Å²) >= 11 is 0. The topological polar surface area (TPSA) is 256 Å². The van der Waals surface area contributed by atoms with Gasteiger partial charge in [-0.2, -0.15) is 0 Å². The average Bonchev–Trinajstić information content (AvgIpc) is 2.97. The van der Waals surface area contributed by atoms with E-state index >= 15 is 0 Å². The minimum absolute atomic E-state index is 0.0153. The molecule has 2 aromatic rings. The van der Waals surface area contributed by atoms with Crippen molar-refractivity contribution in [1.82, 2.24) is 10.6 Å². The number of aliphatic hydroxyl groups excluding tert-OH is 4. The van der Waals surface area contributed by atoms with Gasteiger partial charge in [-0.15, -0.1) is 0 Å². The number of carbonyl (C=O) groups is 4. The number of aliphatic hydroxyl groups is 4. The second-order valence-corrected chi connectivity index (χ2v) is 10.8. The Kier molecular flexibility index (Phi) is 12.4. The Morgan fingerprint density at radius 3 is 1.28 bits per heavy atom. The van der Waals surface area contributed by atoms with Crippen LogP contribution in [0.25, 0.3) is 0 Å². The zero-order valence-electron chi connectivity index (χ0n) is 25.8. The molecule has 0 saturated heterocycles. The van der Waals surface area contributed by atoms with Crippen LogP contribution in [0, 0.1) is 0 Å². The van der Waals surface area contributed by atoms with Gasteiger partial charge in [-0.3, -0.25) is 9.59 Å². The zero-order chi connectivity index (χ0) is 34.3. The van der Waals surface area contributed by atoms with Crippen molar-refractivity contribution in [2.75, 3.05) is 49.9 Å². The van der Waals surface area contributed by atoms with Crippen molar-refractivity contribution in [3.8, 4) is 23.0 Å². The number of phenolic OH excluding ortho intramolecular Hbond substituents is 2. The first-order valence-electron chi connectivity index (χ1n) is 14.6. The number of benzene rings is 2. The molecule has 0 heterocycles. The highest BCUT2D eigenvalue weighted by Gasteiger charge is 2.42. The predicted octanol–water partition coefficient (Wildman–Crippen LogP) is -0.790. The van der Waals surface area contributed by atoms with Gasteiger partial charge in [0.05, 0.1) is 45.8 Å². The number of ketones is 2.